The van der Waals surface area contributed by atoms with E-state index in [4.69, 9.17) is 4.74 Å². The van der Waals surface area contributed by atoms with E-state index in [1.54, 1.807) is 24.2 Å². The Labute approximate surface area is 254 Å². The number of amides is 2. The molecule has 5 atom stereocenters. The van der Waals surface area contributed by atoms with Gasteiger partial charge in [-0.2, -0.15) is 0 Å². The minimum Gasteiger partial charge on any atom is -0.457 e. The van der Waals surface area contributed by atoms with Crippen molar-refractivity contribution < 1.29 is 24.2 Å². The molecule has 2 amide bonds. The Morgan fingerprint density at radius 2 is 1.91 bits per heavy atom. The summed E-state index contributed by atoms with van der Waals surface area (Å²) in [6, 6.07) is 5.73. The van der Waals surface area contributed by atoms with Gasteiger partial charge in [-0.1, -0.05) is 38.6 Å². The summed E-state index contributed by atoms with van der Waals surface area (Å²) in [4.78, 5) is 42.9. The lowest BCUT2D eigenvalue weighted by Crippen LogP contribution is -2.62. The van der Waals surface area contributed by atoms with Gasteiger partial charge in [0.15, 0.2) is 0 Å². The second-order valence-electron chi connectivity index (χ2n) is 11.6. The summed E-state index contributed by atoms with van der Waals surface area (Å²) in [5.74, 6) is -1.10. The van der Waals surface area contributed by atoms with E-state index in [1.165, 1.54) is 0 Å². The van der Waals surface area contributed by atoms with E-state index >= 15 is 0 Å². The molecule has 1 aliphatic rings. The van der Waals surface area contributed by atoms with Gasteiger partial charge in [-0.3, -0.25) is 19.4 Å². The summed E-state index contributed by atoms with van der Waals surface area (Å²) in [5, 5.41) is 20.2. The van der Waals surface area contributed by atoms with E-state index in [0.29, 0.717) is 25.8 Å². The van der Waals surface area contributed by atoms with Gasteiger partial charge in [0.05, 0.1) is 11.7 Å². The number of hydrazine groups is 1. The standard InChI is InChI=1S/C33H47N5O5/c1-7-9-10-11-14-29(39)36-30(21(3)4)31(40)35-22(5)32(41)38-17-12-13-28(37-38)33(42)43-23(6)24-15-16-25-20-34-27(8-2)19-26(25)18-24/h7-8,15-16,18-23,28,30,32,37,41H,1-2,9-14,17H2,3-6H3,(H,35,40)(H,36,39)/t22-,23+,28-,30-,32?/m0/s1. The molecular formula is C33H47N5O5. The van der Waals surface area contributed by atoms with Crippen molar-refractivity contribution in [2.75, 3.05) is 6.54 Å². The molecule has 1 aromatic carbocycles. The fourth-order valence-electron chi connectivity index (χ4n) is 5.05. The number of fused-ring (bicyclic) bond motifs is 1. The van der Waals surface area contributed by atoms with Crippen molar-refractivity contribution in [3.05, 3.63) is 61.0 Å². The largest absolute Gasteiger partial charge is 0.457 e. The van der Waals surface area contributed by atoms with Gasteiger partial charge in [-0.15, -0.1) is 6.58 Å². The molecule has 2 aromatic rings. The van der Waals surface area contributed by atoms with Gasteiger partial charge in [0.1, 0.15) is 24.4 Å². The summed E-state index contributed by atoms with van der Waals surface area (Å²) >= 11 is 0. The summed E-state index contributed by atoms with van der Waals surface area (Å²) < 4.78 is 5.81. The van der Waals surface area contributed by atoms with Gasteiger partial charge in [0, 0.05) is 24.5 Å². The van der Waals surface area contributed by atoms with Crippen LogP contribution in [0.1, 0.15) is 83.6 Å². The van der Waals surface area contributed by atoms with Gasteiger partial charge in [-0.25, -0.2) is 10.4 Å². The molecule has 1 aliphatic heterocycles. The van der Waals surface area contributed by atoms with Crippen LogP contribution in [0.25, 0.3) is 16.8 Å². The monoisotopic (exact) mass is 593 g/mol. The molecule has 1 fully saturated rings. The molecule has 2 heterocycles. The van der Waals surface area contributed by atoms with Crippen molar-refractivity contribution in [2.24, 2.45) is 5.92 Å². The fourth-order valence-corrected chi connectivity index (χ4v) is 5.05. The van der Waals surface area contributed by atoms with E-state index < -0.39 is 36.4 Å². The van der Waals surface area contributed by atoms with E-state index in [2.05, 4.69) is 34.2 Å². The molecule has 4 N–H and O–H groups in total. The molecule has 10 nitrogen and oxygen atoms in total. The van der Waals surface area contributed by atoms with Crippen molar-refractivity contribution in [3.8, 4) is 0 Å². The molecule has 234 valence electrons. The molecule has 1 unspecified atom stereocenters. The third-order valence-corrected chi connectivity index (χ3v) is 7.70. The van der Waals surface area contributed by atoms with Crippen LogP contribution in [0.4, 0.5) is 0 Å². The van der Waals surface area contributed by atoms with Crippen LogP contribution in [0, 0.1) is 5.92 Å². The normalized spacial score (nSPS) is 18.3. The first kappa shape index (κ1) is 33.9. The molecule has 0 spiro atoms. The number of benzene rings is 1. The number of rotatable bonds is 15. The number of allylic oxidation sites excluding steroid dienone is 1. The fraction of sp³-hybridized carbons (Fsp3) is 0.515. The van der Waals surface area contributed by atoms with Crippen molar-refractivity contribution in [3.63, 3.8) is 0 Å². The minimum atomic E-state index is -1.10. The zero-order chi connectivity index (χ0) is 31.5. The number of carbonyl (C=O) groups excluding carboxylic acids is 3. The van der Waals surface area contributed by atoms with Crippen LogP contribution in [-0.4, -0.2) is 63.8 Å². The van der Waals surface area contributed by atoms with Crippen LogP contribution in [0.5, 0.6) is 0 Å². The predicted molar refractivity (Wildman–Crippen MR) is 168 cm³/mol. The Balaban J connectivity index is 1.54. The lowest BCUT2D eigenvalue weighted by atomic mass is 10.0. The molecular weight excluding hydrogens is 546 g/mol. The van der Waals surface area contributed by atoms with E-state index in [0.717, 1.165) is 41.3 Å². The number of ether oxygens (including phenoxy) is 1. The van der Waals surface area contributed by atoms with Gasteiger partial charge in [0.2, 0.25) is 11.8 Å². The highest BCUT2D eigenvalue weighted by atomic mass is 16.5. The Kier molecular flexibility index (Phi) is 12.9. The lowest BCUT2D eigenvalue weighted by molar-refractivity contribution is -0.158. The summed E-state index contributed by atoms with van der Waals surface area (Å²) in [6.45, 7) is 15.2. The second kappa shape index (κ2) is 16.3. The number of aliphatic hydroxyl groups is 1. The number of hydrogen-bond donors (Lipinski definition) is 4. The number of aliphatic hydroxyl groups excluding tert-OH is 1. The lowest BCUT2D eigenvalue weighted by Gasteiger charge is -2.38. The second-order valence-corrected chi connectivity index (χ2v) is 11.6. The Bertz CT molecular complexity index is 1280. The van der Waals surface area contributed by atoms with Gasteiger partial charge in [-0.05, 0) is 81.0 Å². The number of hydrogen-bond acceptors (Lipinski definition) is 8. The van der Waals surface area contributed by atoms with Crippen LogP contribution in [0.3, 0.4) is 0 Å². The van der Waals surface area contributed by atoms with Crippen molar-refractivity contribution >= 4 is 34.6 Å². The summed E-state index contributed by atoms with van der Waals surface area (Å²) in [6.07, 6.45) is 7.68. The van der Waals surface area contributed by atoms with E-state index in [9.17, 15) is 19.5 Å². The molecule has 0 aliphatic carbocycles. The average molecular weight is 594 g/mol. The highest BCUT2D eigenvalue weighted by Gasteiger charge is 2.34. The molecule has 0 bridgehead atoms. The SMILES string of the molecule is C=CCCCCC(=O)N[C@H](C(=O)N[C@@H](C)C(O)N1CCC[C@@H](C(=O)O[C@H](C)c2ccc3cnc(C=C)cc3c2)N1)C(C)C. The van der Waals surface area contributed by atoms with E-state index in [-0.39, 0.29) is 17.7 Å². The van der Waals surface area contributed by atoms with Crippen LogP contribution in [0.15, 0.2) is 49.7 Å². The van der Waals surface area contributed by atoms with Gasteiger partial charge >= 0.3 is 5.97 Å². The van der Waals surface area contributed by atoms with Gasteiger partial charge in [0.25, 0.3) is 0 Å². The zero-order valence-corrected chi connectivity index (χ0v) is 25.8. The quantitative estimate of drug-likeness (QED) is 0.138. The Hall–Kier alpha value is -3.60. The zero-order valence-electron chi connectivity index (χ0n) is 25.8. The van der Waals surface area contributed by atoms with Crippen molar-refractivity contribution in [2.45, 2.75) is 96.7 Å². The first-order chi connectivity index (χ1) is 20.5. The smallest absolute Gasteiger partial charge is 0.325 e. The summed E-state index contributed by atoms with van der Waals surface area (Å²) in [7, 11) is 0. The van der Waals surface area contributed by atoms with Crippen LogP contribution < -0.4 is 16.1 Å². The first-order valence-corrected chi connectivity index (χ1v) is 15.2. The number of nitrogens with one attached hydrogen (secondary N) is 3. The van der Waals surface area contributed by atoms with Gasteiger partial charge < -0.3 is 20.5 Å². The third-order valence-electron chi connectivity index (χ3n) is 7.70. The third kappa shape index (κ3) is 9.71. The highest BCUT2D eigenvalue weighted by Crippen LogP contribution is 2.24. The molecule has 0 saturated carbocycles. The molecule has 1 aromatic heterocycles. The number of pyridine rings is 1. The van der Waals surface area contributed by atoms with Crippen molar-refractivity contribution in [1.82, 2.24) is 26.1 Å². The maximum absolute atomic E-state index is 13.1. The van der Waals surface area contributed by atoms with Crippen LogP contribution >= 0.6 is 0 Å². The Morgan fingerprint density at radius 3 is 2.60 bits per heavy atom. The minimum absolute atomic E-state index is 0.140. The number of nitrogens with zero attached hydrogens (tertiary/aromatic N) is 2. The molecule has 43 heavy (non-hydrogen) atoms. The number of esters is 1. The first-order valence-electron chi connectivity index (χ1n) is 15.2. The molecule has 1 saturated heterocycles. The average Bonchev–Trinajstić information content (AvgIpc) is 3.00. The predicted octanol–water partition coefficient (Wildman–Crippen LogP) is 4.16. The van der Waals surface area contributed by atoms with E-state index in [1.807, 2.05) is 51.1 Å². The maximum Gasteiger partial charge on any atom is 0.325 e. The highest BCUT2D eigenvalue weighted by molar-refractivity contribution is 5.88. The maximum atomic E-state index is 13.1. The number of aromatic nitrogens is 1. The van der Waals surface area contributed by atoms with Crippen molar-refractivity contribution in [1.29, 1.82) is 0 Å². The number of unbranched alkanes of at least 4 members (excludes halogenated alkanes) is 2. The number of carbonyl (C=O) groups is 3. The molecule has 10 heteroatoms. The van der Waals surface area contributed by atoms with Crippen LogP contribution in [-0.2, 0) is 19.1 Å². The topological polar surface area (TPSA) is 133 Å². The molecule has 0 radical (unpaired) electrons. The molecule has 3 rings (SSSR count). The van der Waals surface area contributed by atoms with Crippen LogP contribution in [0.2, 0.25) is 0 Å². The Morgan fingerprint density at radius 1 is 1.14 bits per heavy atom. The summed E-state index contributed by atoms with van der Waals surface area (Å²) in [5.41, 5.74) is 4.71.